The highest BCUT2D eigenvalue weighted by Gasteiger charge is 2.77. The number of carbonyl (C=O) groups is 6. The number of fused-ring (bicyclic) bond motifs is 5. The molecule has 16 nitrogen and oxygen atoms in total. The molecule has 0 spiro atoms. The van der Waals surface area contributed by atoms with E-state index in [1.165, 1.54) is 12.2 Å². The summed E-state index contributed by atoms with van der Waals surface area (Å²) >= 11 is 0. The number of halogens is 8. The molecule has 2 amide bonds. The summed E-state index contributed by atoms with van der Waals surface area (Å²) in [5.74, 6) is -18.1. The van der Waals surface area contributed by atoms with Crippen molar-refractivity contribution in [3.05, 3.63) is 12.2 Å². The number of esters is 4. The van der Waals surface area contributed by atoms with E-state index in [0.29, 0.717) is 0 Å². The van der Waals surface area contributed by atoms with Crippen molar-refractivity contribution in [1.29, 1.82) is 0 Å². The second-order valence-corrected chi connectivity index (χ2v) is 14.7. The Morgan fingerprint density at radius 2 is 1.25 bits per heavy atom. The van der Waals surface area contributed by atoms with E-state index in [1.807, 2.05) is 0 Å². The summed E-state index contributed by atoms with van der Waals surface area (Å²) < 4.78 is 175. The van der Waals surface area contributed by atoms with Crippen LogP contribution in [0, 0.1) is 23.7 Å². The predicted octanol–water partition coefficient (Wildman–Crippen LogP) is 2.43. The lowest BCUT2D eigenvalue weighted by Gasteiger charge is -2.44. The van der Waals surface area contributed by atoms with Crippen molar-refractivity contribution >= 4 is 45.7 Å². The Kier molecular flexibility index (Phi) is 12.3. The fourth-order valence-corrected chi connectivity index (χ4v) is 7.92. The molecule has 6 unspecified atom stereocenters. The molecule has 0 N–H and O–H groups in total. The lowest BCUT2D eigenvalue weighted by atomic mass is 9.85. The number of ether oxygens (including phenoxy) is 7. The normalized spacial score (nSPS) is 29.6. The third kappa shape index (κ3) is 8.43. The monoisotopic (exact) mass is 831 g/mol. The Morgan fingerprint density at radius 3 is 1.75 bits per heavy atom. The standard InChI is InChI=1S/C30H33F8NO15S/c1-12(40)49-11-18-21(50-13(2)41)22(51-14(3)42)23(52-15(4)43)26(53-18)48-9-5-8-27(31,32)28(33,34)54-29(35,36)30(37,38)55(46,47)39-24(44)19-16-6-7-17(10-16)20(19)25(39)45/h6-7,16-23,26H,5,8-11H2,1-4H3/t16?,17?,18?,19?,20?,21-,22-,23?,26-/m1/s1. The molecule has 25 heteroatoms. The summed E-state index contributed by atoms with van der Waals surface area (Å²) in [6, 6.07) is 0. The first-order valence-electron chi connectivity index (χ1n) is 16.1. The first-order valence-corrected chi connectivity index (χ1v) is 17.5. The molecule has 2 aliphatic carbocycles. The maximum Gasteiger partial charge on any atom is 0.454 e. The lowest BCUT2D eigenvalue weighted by molar-refractivity contribution is -0.456. The molecular formula is C30H33F8NO15S. The van der Waals surface area contributed by atoms with Gasteiger partial charge in [0.15, 0.2) is 24.6 Å². The highest BCUT2D eigenvalue weighted by atomic mass is 32.2. The molecule has 2 bridgehead atoms. The van der Waals surface area contributed by atoms with E-state index in [4.69, 9.17) is 28.4 Å². The molecule has 9 atom stereocenters. The quantitative estimate of drug-likeness (QED) is 0.0547. The minimum atomic E-state index is -7.19. The molecule has 2 aliphatic heterocycles. The first kappa shape index (κ1) is 43.8. The van der Waals surface area contributed by atoms with Gasteiger partial charge in [0.05, 0.1) is 18.4 Å². The molecule has 0 aromatic rings. The molecule has 4 rings (SSSR count). The molecule has 4 aliphatic rings. The van der Waals surface area contributed by atoms with Crippen molar-refractivity contribution < 1.29 is 105 Å². The largest absolute Gasteiger partial charge is 0.463 e. The van der Waals surface area contributed by atoms with Gasteiger partial charge >= 0.3 is 57.3 Å². The number of allylic oxidation sites excluding steroid dienone is 2. The van der Waals surface area contributed by atoms with Crippen LogP contribution in [0.25, 0.3) is 0 Å². The molecule has 0 radical (unpaired) electrons. The van der Waals surface area contributed by atoms with E-state index < -0.39 is 154 Å². The van der Waals surface area contributed by atoms with Gasteiger partial charge in [-0.25, -0.2) is 4.74 Å². The van der Waals surface area contributed by atoms with Crippen LogP contribution in [-0.2, 0) is 71.9 Å². The van der Waals surface area contributed by atoms with E-state index in [0.717, 1.165) is 27.7 Å². The number of hydrogen-bond donors (Lipinski definition) is 0. The van der Waals surface area contributed by atoms with Gasteiger partial charge in [0, 0.05) is 34.1 Å². The van der Waals surface area contributed by atoms with Crippen LogP contribution in [0.2, 0.25) is 0 Å². The van der Waals surface area contributed by atoms with Gasteiger partial charge in [-0.1, -0.05) is 12.2 Å². The Labute approximate surface area is 305 Å². The third-order valence-corrected chi connectivity index (χ3v) is 10.6. The Hall–Kier alpha value is -3.97. The number of hydrogen-bond acceptors (Lipinski definition) is 15. The van der Waals surface area contributed by atoms with Crippen LogP contribution in [0.15, 0.2) is 12.2 Å². The molecule has 310 valence electrons. The fourth-order valence-electron chi connectivity index (χ4n) is 6.63. The Bertz CT molecular complexity index is 1680. The van der Waals surface area contributed by atoms with Gasteiger partial charge in [0.25, 0.3) is 0 Å². The molecule has 2 heterocycles. The van der Waals surface area contributed by atoms with Crippen LogP contribution in [0.4, 0.5) is 35.1 Å². The average Bonchev–Trinajstić information content (AvgIpc) is 3.72. The van der Waals surface area contributed by atoms with E-state index >= 15 is 0 Å². The number of amides is 2. The fraction of sp³-hybridized carbons (Fsp3) is 0.733. The maximum atomic E-state index is 14.9. The highest BCUT2D eigenvalue weighted by Crippen LogP contribution is 2.55. The van der Waals surface area contributed by atoms with Crippen molar-refractivity contribution in [2.75, 3.05) is 13.2 Å². The van der Waals surface area contributed by atoms with Crippen LogP contribution in [0.5, 0.6) is 0 Å². The van der Waals surface area contributed by atoms with Crippen molar-refractivity contribution in [2.45, 2.75) is 101 Å². The molecule has 55 heavy (non-hydrogen) atoms. The topological polar surface area (TPSA) is 204 Å². The smallest absolute Gasteiger partial charge is 0.454 e. The SMILES string of the molecule is CC(=O)OCC1O[C@@H](OCCCC(F)(F)C(F)(F)OC(F)(F)C(F)(F)S(=O)(=O)N2C(=O)C3C4C=CC(C4)C3C2=O)C(OC(C)=O)[C@H](OC(C)=O)[C@@H]1OC(C)=O. The third-order valence-electron chi connectivity index (χ3n) is 8.88. The number of nitrogens with zero attached hydrogens (tertiary/aromatic N) is 1. The molecule has 0 aromatic heterocycles. The zero-order valence-electron chi connectivity index (χ0n) is 28.9. The zero-order valence-corrected chi connectivity index (χ0v) is 29.7. The predicted molar refractivity (Wildman–Crippen MR) is 157 cm³/mol. The van der Waals surface area contributed by atoms with Gasteiger partial charge in [-0.2, -0.15) is 47.8 Å². The van der Waals surface area contributed by atoms with Crippen LogP contribution < -0.4 is 0 Å². The first-order chi connectivity index (χ1) is 25.2. The van der Waals surface area contributed by atoms with E-state index in [1.54, 1.807) is 0 Å². The van der Waals surface area contributed by atoms with Gasteiger partial charge in [0.2, 0.25) is 11.8 Å². The van der Waals surface area contributed by atoms with Crippen molar-refractivity contribution in [3.8, 4) is 0 Å². The Balaban J connectivity index is 1.47. The zero-order chi connectivity index (χ0) is 41.6. The van der Waals surface area contributed by atoms with Gasteiger partial charge in [-0.15, -0.1) is 0 Å². The summed E-state index contributed by atoms with van der Waals surface area (Å²) in [5, 5.41) is -6.87. The van der Waals surface area contributed by atoms with Crippen molar-refractivity contribution in [1.82, 2.24) is 4.31 Å². The van der Waals surface area contributed by atoms with Crippen LogP contribution in [0.1, 0.15) is 47.0 Å². The molecular weight excluding hydrogens is 798 g/mol. The Morgan fingerprint density at radius 1 is 0.764 bits per heavy atom. The maximum absolute atomic E-state index is 14.9. The number of imide groups is 1. The molecule has 2 saturated heterocycles. The van der Waals surface area contributed by atoms with E-state index in [2.05, 4.69) is 4.74 Å². The molecule has 0 aromatic carbocycles. The highest BCUT2D eigenvalue weighted by molar-refractivity contribution is 7.91. The number of sulfonamides is 1. The second kappa shape index (κ2) is 15.5. The van der Waals surface area contributed by atoms with Gasteiger partial charge in [0.1, 0.15) is 12.7 Å². The van der Waals surface area contributed by atoms with Crippen LogP contribution in [-0.4, -0.2) is 116 Å². The van der Waals surface area contributed by atoms with Gasteiger partial charge in [-0.05, 0) is 24.7 Å². The molecule has 3 fully saturated rings. The average molecular weight is 832 g/mol. The second-order valence-electron chi connectivity index (χ2n) is 12.8. The summed E-state index contributed by atoms with van der Waals surface area (Å²) in [7, 11) is -7.19. The summed E-state index contributed by atoms with van der Waals surface area (Å²) in [6.07, 6.45) is -23.0. The van der Waals surface area contributed by atoms with E-state index in [9.17, 15) is 72.3 Å². The van der Waals surface area contributed by atoms with Gasteiger partial charge < -0.3 is 28.4 Å². The van der Waals surface area contributed by atoms with Crippen molar-refractivity contribution in [3.63, 3.8) is 0 Å². The number of carbonyl (C=O) groups excluding carboxylic acids is 6. The molecule has 1 saturated carbocycles. The summed E-state index contributed by atoms with van der Waals surface area (Å²) in [5.41, 5.74) is 0. The van der Waals surface area contributed by atoms with Gasteiger partial charge in [-0.3, -0.25) is 28.8 Å². The number of rotatable bonds is 16. The minimum Gasteiger partial charge on any atom is -0.463 e. The lowest BCUT2D eigenvalue weighted by Crippen LogP contribution is -2.63. The van der Waals surface area contributed by atoms with Crippen LogP contribution in [0.3, 0.4) is 0 Å². The number of alkyl halides is 8. The van der Waals surface area contributed by atoms with E-state index in [-0.39, 0.29) is 6.42 Å². The summed E-state index contributed by atoms with van der Waals surface area (Å²) in [6.45, 7) is 1.71. The van der Waals surface area contributed by atoms with Crippen LogP contribution >= 0.6 is 0 Å². The minimum absolute atomic E-state index is 0.158. The van der Waals surface area contributed by atoms with Crippen molar-refractivity contribution in [2.24, 2.45) is 23.7 Å². The summed E-state index contributed by atoms with van der Waals surface area (Å²) in [4.78, 5) is 72.4.